The molecule has 0 saturated carbocycles. The lowest BCUT2D eigenvalue weighted by Crippen LogP contribution is -2.48. The average Bonchev–Trinajstić information content (AvgIpc) is 3.40. The molecule has 2 heterocycles. The van der Waals surface area contributed by atoms with Gasteiger partial charge >= 0.3 is 0 Å². The third-order valence-electron chi connectivity index (χ3n) is 5.87. The van der Waals surface area contributed by atoms with E-state index in [0.717, 1.165) is 23.0 Å². The minimum Gasteiger partial charge on any atom is -0.376 e. The van der Waals surface area contributed by atoms with Gasteiger partial charge < -0.3 is 9.64 Å². The lowest BCUT2D eigenvalue weighted by Gasteiger charge is -2.30. The first-order valence-electron chi connectivity index (χ1n) is 10.6. The highest BCUT2D eigenvalue weighted by molar-refractivity contribution is 6.32. The zero-order valence-corrected chi connectivity index (χ0v) is 18.7. The van der Waals surface area contributed by atoms with Crippen LogP contribution in [-0.4, -0.2) is 52.8 Å². The van der Waals surface area contributed by atoms with Crippen molar-refractivity contribution in [2.75, 3.05) is 18.1 Å². The van der Waals surface area contributed by atoms with Crippen LogP contribution in [0.5, 0.6) is 0 Å². The number of aryl methyl sites for hydroxylation is 1. The molecule has 2 aliphatic rings. The summed E-state index contributed by atoms with van der Waals surface area (Å²) in [6, 6.07) is 9.66. The minimum absolute atomic E-state index is 0.0122. The second-order valence-electron chi connectivity index (χ2n) is 8.14. The van der Waals surface area contributed by atoms with Crippen LogP contribution in [0.2, 0.25) is 5.02 Å². The molecular formula is C23H22ClN3O6. The molecule has 2 aromatic rings. The molecule has 2 unspecified atom stereocenters. The summed E-state index contributed by atoms with van der Waals surface area (Å²) < 4.78 is 5.66. The SMILES string of the molecule is Cc1ccc(N2C(=O)CC(N(CC3CCCO3)C(=O)c3ccc(Cl)c([N+](=O)[O-])c3)C2=O)cc1. The predicted molar refractivity (Wildman–Crippen MR) is 120 cm³/mol. The third-order valence-corrected chi connectivity index (χ3v) is 6.19. The van der Waals surface area contributed by atoms with Crippen LogP contribution >= 0.6 is 11.6 Å². The van der Waals surface area contributed by atoms with Gasteiger partial charge in [-0.25, -0.2) is 4.90 Å². The summed E-state index contributed by atoms with van der Waals surface area (Å²) >= 11 is 5.89. The van der Waals surface area contributed by atoms with Crippen LogP contribution in [0.15, 0.2) is 42.5 Å². The zero-order valence-electron chi connectivity index (χ0n) is 17.9. The average molecular weight is 472 g/mol. The molecule has 0 N–H and O–H groups in total. The van der Waals surface area contributed by atoms with Gasteiger partial charge in [-0.05, 0) is 44.0 Å². The maximum atomic E-state index is 13.5. The second kappa shape index (κ2) is 9.29. The molecule has 9 nitrogen and oxygen atoms in total. The molecule has 0 radical (unpaired) electrons. The summed E-state index contributed by atoms with van der Waals surface area (Å²) in [5.74, 6) is -1.53. The number of nitro benzene ring substituents is 1. The first-order chi connectivity index (χ1) is 15.8. The Kier molecular flexibility index (Phi) is 6.44. The number of carbonyl (C=O) groups is 3. The summed E-state index contributed by atoms with van der Waals surface area (Å²) in [5, 5.41) is 11.2. The van der Waals surface area contributed by atoms with Crippen molar-refractivity contribution in [3.8, 4) is 0 Å². The lowest BCUT2D eigenvalue weighted by atomic mass is 10.1. The van der Waals surface area contributed by atoms with Crippen LogP contribution in [0, 0.1) is 17.0 Å². The Morgan fingerprint density at radius 1 is 1.24 bits per heavy atom. The van der Waals surface area contributed by atoms with Crippen molar-refractivity contribution in [2.45, 2.75) is 38.3 Å². The topological polar surface area (TPSA) is 110 Å². The Bertz CT molecular complexity index is 1110. The number of nitrogens with zero attached hydrogens (tertiary/aromatic N) is 3. The highest BCUT2D eigenvalue weighted by Crippen LogP contribution is 2.30. The van der Waals surface area contributed by atoms with E-state index in [0.29, 0.717) is 18.7 Å². The van der Waals surface area contributed by atoms with Crippen molar-refractivity contribution in [1.82, 2.24) is 4.90 Å². The van der Waals surface area contributed by atoms with Gasteiger partial charge in [0.2, 0.25) is 5.91 Å². The summed E-state index contributed by atoms with van der Waals surface area (Å²) in [6.45, 7) is 2.54. The molecule has 0 aromatic heterocycles. The number of ether oxygens (including phenoxy) is 1. The number of rotatable bonds is 6. The first kappa shape index (κ1) is 22.9. The molecule has 0 aliphatic carbocycles. The van der Waals surface area contributed by atoms with E-state index in [1.165, 1.54) is 17.0 Å². The van der Waals surface area contributed by atoms with Crippen molar-refractivity contribution in [1.29, 1.82) is 0 Å². The Morgan fingerprint density at radius 2 is 1.97 bits per heavy atom. The number of benzene rings is 2. The molecule has 2 atom stereocenters. The predicted octanol–water partition coefficient (Wildman–Crippen LogP) is 3.51. The summed E-state index contributed by atoms with van der Waals surface area (Å²) in [5.41, 5.74) is 1.02. The van der Waals surface area contributed by atoms with Crippen molar-refractivity contribution < 1.29 is 24.0 Å². The van der Waals surface area contributed by atoms with E-state index in [2.05, 4.69) is 0 Å². The number of imide groups is 1. The molecular weight excluding hydrogens is 450 g/mol. The first-order valence-corrected chi connectivity index (χ1v) is 10.9. The molecule has 2 aliphatic heterocycles. The minimum atomic E-state index is -1.04. The van der Waals surface area contributed by atoms with E-state index >= 15 is 0 Å². The van der Waals surface area contributed by atoms with E-state index in [-0.39, 0.29) is 29.7 Å². The van der Waals surface area contributed by atoms with E-state index in [1.807, 2.05) is 6.92 Å². The van der Waals surface area contributed by atoms with Crippen LogP contribution in [0.3, 0.4) is 0 Å². The van der Waals surface area contributed by atoms with Gasteiger partial charge in [-0.15, -0.1) is 0 Å². The fourth-order valence-electron chi connectivity index (χ4n) is 4.14. The maximum Gasteiger partial charge on any atom is 0.288 e. The highest BCUT2D eigenvalue weighted by atomic mass is 35.5. The summed E-state index contributed by atoms with van der Waals surface area (Å²) in [6.07, 6.45) is 1.07. The zero-order chi connectivity index (χ0) is 23.7. The molecule has 2 aromatic carbocycles. The maximum absolute atomic E-state index is 13.5. The fraction of sp³-hybridized carbons (Fsp3) is 0.348. The van der Waals surface area contributed by atoms with Crippen molar-refractivity contribution in [3.63, 3.8) is 0 Å². The number of hydrogen-bond acceptors (Lipinski definition) is 6. The Morgan fingerprint density at radius 3 is 2.61 bits per heavy atom. The Balaban J connectivity index is 1.67. The van der Waals surface area contributed by atoms with Gasteiger partial charge in [-0.2, -0.15) is 0 Å². The number of hydrogen-bond donors (Lipinski definition) is 0. The number of halogens is 1. The van der Waals surface area contributed by atoms with Gasteiger partial charge in [0.25, 0.3) is 17.5 Å². The van der Waals surface area contributed by atoms with Crippen LogP contribution in [0.25, 0.3) is 0 Å². The Hall–Kier alpha value is -3.30. The summed E-state index contributed by atoms with van der Waals surface area (Å²) in [4.78, 5) is 52.6. The van der Waals surface area contributed by atoms with Crippen LogP contribution in [0.1, 0.15) is 35.2 Å². The van der Waals surface area contributed by atoms with Crippen LogP contribution < -0.4 is 4.90 Å². The molecule has 3 amide bonds. The molecule has 10 heteroatoms. The monoisotopic (exact) mass is 471 g/mol. The smallest absolute Gasteiger partial charge is 0.288 e. The largest absolute Gasteiger partial charge is 0.376 e. The quantitative estimate of drug-likeness (QED) is 0.362. The molecule has 33 heavy (non-hydrogen) atoms. The van der Waals surface area contributed by atoms with Gasteiger partial charge in [0.1, 0.15) is 11.1 Å². The molecule has 0 bridgehead atoms. The Labute approximate surface area is 195 Å². The van der Waals surface area contributed by atoms with Crippen molar-refractivity contribution >= 4 is 40.7 Å². The second-order valence-corrected chi connectivity index (χ2v) is 8.55. The van der Waals surface area contributed by atoms with Gasteiger partial charge in [-0.3, -0.25) is 24.5 Å². The van der Waals surface area contributed by atoms with Crippen LogP contribution in [-0.2, 0) is 14.3 Å². The number of anilines is 1. The van der Waals surface area contributed by atoms with E-state index in [1.54, 1.807) is 24.3 Å². The van der Waals surface area contributed by atoms with Crippen molar-refractivity contribution in [3.05, 3.63) is 68.7 Å². The van der Waals surface area contributed by atoms with Gasteiger partial charge in [0, 0.05) is 24.8 Å². The van der Waals surface area contributed by atoms with E-state index in [4.69, 9.17) is 16.3 Å². The molecule has 4 rings (SSSR count). The highest BCUT2D eigenvalue weighted by Gasteiger charge is 2.45. The fourth-order valence-corrected chi connectivity index (χ4v) is 4.32. The van der Waals surface area contributed by atoms with Gasteiger partial charge in [0.15, 0.2) is 0 Å². The van der Waals surface area contributed by atoms with E-state index in [9.17, 15) is 24.5 Å². The molecule has 2 fully saturated rings. The van der Waals surface area contributed by atoms with Gasteiger partial charge in [-0.1, -0.05) is 29.3 Å². The van der Waals surface area contributed by atoms with E-state index < -0.39 is 34.4 Å². The summed E-state index contributed by atoms with van der Waals surface area (Å²) in [7, 11) is 0. The number of nitro groups is 1. The van der Waals surface area contributed by atoms with Gasteiger partial charge in [0.05, 0.1) is 23.1 Å². The van der Waals surface area contributed by atoms with Crippen LogP contribution in [0.4, 0.5) is 11.4 Å². The standard InChI is InChI=1S/C23H22ClN3O6/c1-14-4-7-16(8-5-14)26-21(28)12-20(23(26)30)25(13-17-3-2-10-33-17)22(29)15-6-9-18(24)19(11-15)27(31)32/h4-9,11,17,20H,2-3,10,12-13H2,1H3. The van der Waals surface area contributed by atoms with Crippen molar-refractivity contribution in [2.24, 2.45) is 0 Å². The third kappa shape index (κ3) is 4.60. The normalized spacial score (nSPS) is 20.4. The number of carbonyl (C=O) groups excluding carboxylic acids is 3. The number of amides is 3. The lowest BCUT2D eigenvalue weighted by molar-refractivity contribution is -0.384. The molecule has 172 valence electrons. The molecule has 2 saturated heterocycles. The molecule has 0 spiro atoms.